The van der Waals surface area contributed by atoms with E-state index in [0.29, 0.717) is 37.6 Å². The topological polar surface area (TPSA) is 79.0 Å². The molecule has 2 saturated heterocycles. The number of piperazine rings is 1. The largest absolute Gasteiger partial charge is 0.495 e. The molecule has 1 amide bonds. The number of hydrogen-bond acceptors (Lipinski definition) is 5. The standard InChI is InChI=1S/C16H22ClN3O4S.ClH/c1-24-14-5-4-12(17)9-15(14)25(22,23)19-7-2-3-13(11-19)20-8-6-18-10-16(20)21;/h4-5,9,13,18H,2-3,6-8,10-11H2,1H3;1H. The van der Waals surface area contributed by atoms with E-state index >= 15 is 0 Å². The molecule has 2 aliphatic heterocycles. The monoisotopic (exact) mass is 423 g/mol. The van der Waals surface area contributed by atoms with Gasteiger partial charge in [-0.3, -0.25) is 4.79 Å². The fraction of sp³-hybridized carbons (Fsp3) is 0.562. The molecule has 1 unspecified atom stereocenters. The molecule has 1 aromatic carbocycles. The third-order valence-corrected chi connectivity index (χ3v) is 6.79. The summed E-state index contributed by atoms with van der Waals surface area (Å²) in [4.78, 5) is 14.0. The van der Waals surface area contributed by atoms with Gasteiger partial charge in [0.1, 0.15) is 10.6 Å². The molecule has 0 saturated carbocycles. The highest BCUT2D eigenvalue weighted by atomic mass is 35.5. The van der Waals surface area contributed by atoms with Crippen LogP contribution in [0.4, 0.5) is 0 Å². The number of hydrogen-bond donors (Lipinski definition) is 1. The fourth-order valence-electron chi connectivity index (χ4n) is 3.39. The van der Waals surface area contributed by atoms with E-state index in [-0.39, 0.29) is 35.0 Å². The fourth-order valence-corrected chi connectivity index (χ4v) is 5.33. The molecule has 26 heavy (non-hydrogen) atoms. The van der Waals surface area contributed by atoms with Crippen molar-refractivity contribution in [2.75, 3.05) is 39.8 Å². The van der Waals surface area contributed by atoms with Gasteiger partial charge >= 0.3 is 0 Å². The van der Waals surface area contributed by atoms with Gasteiger partial charge in [-0.1, -0.05) is 11.6 Å². The number of halogens is 2. The molecule has 1 atom stereocenters. The molecule has 146 valence electrons. The van der Waals surface area contributed by atoms with Gasteiger partial charge in [-0.2, -0.15) is 4.31 Å². The summed E-state index contributed by atoms with van der Waals surface area (Å²) in [5.41, 5.74) is 0. The van der Waals surface area contributed by atoms with Crippen LogP contribution in [0.2, 0.25) is 5.02 Å². The molecule has 0 spiro atoms. The number of rotatable bonds is 4. The molecule has 3 rings (SSSR count). The lowest BCUT2D eigenvalue weighted by molar-refractivity contribution is -0.135. The van der Waals surface area contributed by atoms with E-state index < -0.39 is 10.0 Å². The second kappa shape index (κ2) is 8.75. The van der Waals surface area contributed by atoms with E-state index in [2.05, 4.69) is 5.32 Å². The van der Waals surface area contributed by atoms with Crippen molar-refractivity contribution in [3.8, 4) is 5.75 Å². The summed E-state index contributed by atoms with van der Waals surface area (Å²) in [6, 6.07) is 4.46. The number of piperidine rings is 1. The molecule has 0 aliphatic carbocycles. The summed E-state index contributed by atoms with van der Waals surface area (Å²) >= 11 is 5.99. The number of amides is 1. The van der Waals surface area contributed by atoms with E-state index in [9.17, 15) is 13.2 Å². The van der Waals surface area contributed by atoms with Gasteiger partial charge in [0.05, 0.1) is 13.7 Å². The van der Waals surface area contributed by atoms with Crippen molar-refractivity contribution in [3.63, 3.8) is 0 Å². The van der Waals surface area contributed by atoms with Crippen LogP contribution in [0.3, 0.4) is 0 Å². The molecule has 10 heteroatoms. The van der Waals surface area contributed by atoms with E-state index in [1.54, 1.807) is 17.0 Å². The molecule has 0 bridgehead atoms. The lowest BCUT2D eigenvalue weighted by Gasteiger charge is -2.40. The first-order valence-corrected chi connectivity index (χ1v) is 10.1. The highest BCUT2D eigenvalue weighted by Crippen LogP contribution is 2.31. The maximum absolute atomic E-state index is 13.1. The normalized spacial score (nSPS) is 22.0. The molecule has 2 heterocycles. The van der Waals surface area contributed by atoms with Crippen molar-refractivity contribution in [1.82, 2.24) is 14.5 Å². The summed E-state index contributed by atoms with van der Waals surface area (Å²) in [5, 5.41) is 3.38. The molecular weight excluding hydrogens is 401 g/mol. The maximum atomic E-state index is 13.1. The lowest BCUT2D eigenvalue weighted by Crippen LogP contribution is -2.57. The number of nitrogens with one attached hydrogen (secondary N) is 1. The van der Waals surface area contributed by atoms with Gasteiger partial charge < -0.3 is 15.0 Å². The number of ether oxygens (including phenoxy) is 1. The van der Waals surface area contributed by atoms with Gasteiger partial charge in [0.15, 0.2) is 0 Å². The molecule has 1 aromatic rings. The Balaban J connectivity index is 0.00000243. The summed E-state index contributed by atoms with van der Waals surface area (Å²) in [6.45, 7) is 2.37. The van der Waals surface area contributed by atoms with Crippen LogP contribution >= 0.6 is 24.0 Å². The van der Waals surface area contributed by atoms with E-state index in [4.69, 9.17) is 16.3 Å². The van der Waals surface area contributed by atoms with Crippen molar-refractivity contribution in [3.05, 3.63) is 23.2 Å². The molecular formula is C16H23Cl2N3O4S. The van der Waals surface area contributed by atoms with Gasteiger partial charge in [0.2, 0.25) is 15.9 Å². The average Bonchev–Trinajstić information content (AvgIpc) is 2.62. The van der Waals surface area contributed by atoms with Crippen LogP contribution in [0.25, 0.3) is 0 Å². The minimum atomic E-state index is -3.75. The summed E-state index contributed by atoms with van der Waals surface area (Å²) in [7, 11) is -2.31. The van der Waals surface area contributed by atoms with Gasteiger partial charge in [-0.25, -0.2) is 8.42 Å². The van der Waals surface area contributed by atoms with Crippen LogP contribution in [0.5, 0.6) is 5.75 Å². The van der Waals surface area contributed by atoms with Crippen molar-refractivity contribution >= 4 is 39.9 Å². The SMILES string of the molecule is COc1ccc(Cl)cc1S(=O)(=O)N1CCCC(N2CCNCC2=O)C1.Cl. The van der Waals surface area contributed by atoms with Crippen molar-refractivity contribution in [2.24, 2.45) is 0 Å². The van der Waals surface area contributed by atoms with Gasteiger partial charge in [0, 0.05) is 37.2 Å². The highest BCUT2D eigenvalue weighted by molar-refractivity contribution is 7.89. The third-order valence-electron chi connectivity index (χ3n) is 4.67. The summed E-state index contributed by atoms with van der Waals surface area (Å²) in [6.07, 6.45) is 1.52. The maximum Gasteiger partial charge on any atom is 0.246 e. The Morgan fingerprint density at radius 1 is 1.31 bits per heavy atom. The van der Waals surface area contributed by atoms with E-state index in [1.807, 2.05) is 0 Å². The van der Waals surface area contributed by atoms with E-state index in [0.717, 1.165) is 13.0 Å². The number of sulfonamides is 1. The Kier molecular flexibility index (Phi) is 7.15. The third kappa shape index (κ3) is 4.26. The van der Waals surface area contributed by atoms with Crippen LogP contribution in [0, 0.1) is 0 Å². The van der Waals surface area contributed by atoms with Crippen LogP contribution < -0.4 is 10.1 Å². The summed E-state index contributed by atoms with van der Waals surface area (Å²) in [5.74, 6) is 0.292. The number of methoxy groups -OCH3 is 1. The van der Waals surface area contributed by atoms with Gasteiger partial charge in [0.25, 0.3) is 0 Å². The Labute approximate surface area is 165 Å². The molecule has 2 fully saturated rings. The van der Waals surface area contributed by atoms with Crippen molar-refractivity contribution in [2.45, 2.75) is 23.8 Å². The molecule has 7 nitrogen and oxygen atoms in total. The zero-order chi connectivity index (χ0) is 18.0. The molecule has 2 aliphatic rings. The Morgan fingerprint density at radius 3 is 2.77 bits per heavy atom. The number of carbonyl (C=O) groups excluding carboxylic acids is 1. The summed E-state index contributed by atoms with van der Waals surface area (Å²) < 4.78 is 32.8. The predicted octanol–water partition coefficient (Wildman–Crippen LogP) is 1.36. The van der Waals surface area contributed by atoms with Crippen LogP contribution in [-0.2, 0) is 14.8 Å². The van der Waals surface area contributed by atoms with Crippen LogP contribution in [0.1, 0.15) is 12.8 Å². The van der Waals surface area contributed by atoms with Gasteiger partial charge in [-0.05, 0) is 31.0 Å². The Hall–Kier alpha value is -1.06. The molecule has 0 radical (unpaired) electrons. The number of nitrogens with zero attached hydrogens (tertiary/aromatic N) is 2. The smallest absolute Gasteiger partial charge is 0.246 e. The van der Waals surface area contributed by atoms with Crippen LogP contribution in [-0.4, -0.2) is 69.4 Å². The molecule has 0 aromatic heterocycles. The second-order valence-corrected chi connectivity index (χ2v) is 8.56. The Morgan fingerprint density at radius 2 is 2.08 bits per heavy atom. The molecule has 1 N–H and O–H groups in total. The van der Waals surface area contributed by atoms with Crippen LogP contribution in [0.15, 0.2) is 23.1 Å². The number of carbonyl (C=O) groups is 1. The van der Waals surface area contributed by atoms with Crippen molar-refractivity contribution in [1.29, 1.82) is 0 Å². The van der Waals surface area contributed by atoms with E-state index in [1.165, 1.54) is 17.5 Å². The first-order chi connectivity index (χ1) is 11.9. The predicted molar refractivity (Wildman–Crippen MR) is 102 cm³/mol. The highest BCUT2D eigenvalue weighted by Gasteiger charge is 2.36. The van der Waals surface area contributed by atoms with Gasteiger partial charge in [-0.15, -0.1) is 12.4 Å². The first kappa shape index (κ1) is 21.2. The zero-order valence-electron chi connectivity index (χ0n) is 14.5. The minimum Gasteiger partial charge on any atom is -0.495 e. The van der Waals surface area contributed by atoms with Crippen molar-refractivity contribution < 1.29 is 17.9 Å². The average molecular weight is 424 g/mol. The second-order valence-electron chi connectivity index (χ2n) is 6.22. The minimum absolute atomic E-state index is 0. The zero-order valence-corrected chi connectivity index (χ0v) is 16.9. The quantitative estimate of drug-likeness (QED) is 0.790. The first-order valence-electron chi connectivity index (χ1n) is 8.27. The number of benzene rings is 1. The Bertz CT molecular complexity index is 760. The lowest BCUT2D eigenvalue weighted by atomic mass is 10.1.